The van der Waals surface area contributed by atoms with Gasteiger partial charge in [0.25, 0.3) is 0 Å². The topological polar surface area (TPSA) is 69.3 Å². The zero-order chi connectivity index (χ0) is 17.4. The van der Waals surface area contributed by atoms with E-state index in [2.05, 4.69) is 10.2 Å². The van der Waals surface area contributed by atoms with Gasteiger partial charge in [-0.1, -0.05) is 18.2 Å². The highest BCUT2D eigenvalue weighted by molar-refractivity contribution is 6.02. The molecule has 2 aromatic rings. The zero-order valence-corrected chi connectivity index (χ0v) is 14.3. The Morgan fingerprint density at radius 3 is 2.84 bits per heavy atom. The fraction of sp³-hybridized carbons (Fsp3) is 0.421. The van der Waals surface area contributed by atoms with Crippen LogP contribution in [0.3, 0.4) is 0 Å². The van der Waals surface area contributed by atoms with Crippen LogP contribution in [0.4, 0.5) is 5.69 Å². The Morgan fingerprint density at radius 1 is 1.24 bits per heavy atom. The fourth-order valence-corrected chi connectivity index (χ4v) is 4.11. The molecule has 0 spiro atoms. The van der Waals surface area contributed by atoms with E-state index in [0.717, 1.165) is 36.3 Å². The SMILES string of the molecule is CC(=O)N1c2ccccc2C[C@H]1C(=O)N1CCCC(c2ccn[nH]2)C1. The molecule has 0 aliphatic carbocycles. The van der Waals surface area contributed by atoms with E-state index in [1.54, 1.807) is 11.1 Å². The largest absolute Gasteiger partial charge is 0.340 e. The molecule has 3 heterocycles. The Hall–Kier alpha value is -2.63. The number of H-pyrrole nitrogens is 1. The molecule has 1 saturated heterocycles. The van der Waals surface area contributed by atoms with E-state index in [1.807, 2.05) is 35.2 Å². The minimum Gasteiger partial charge on any atom is -0.340 e. The van der Waals surface area contributed by atoms with Gasteiger partial charge >= 0.3 is 0 Å². The minimum absolute atomic E-state index is 0.0515. The summed E-state index contributed by atoms with van der Waals surface area (Å²) >= 11 is 0. The van der Waals surface area contributed by atoms with Gasteiger partial charge in [0.2, 0.25) is 11.8 Å². The van der Waals surface area contributed by atoms with Crippen LogP contribution in [0, 0.1) is 0 Å². The number of hydrogen-bond donors (Lipinski definition) is 1. The highest BCUT2D eigenvalue weighted by Gasteiger charge is 2.40. The Morgan fingerprint density at radius 2 is 2.08 bits per heavy atom. The van der Waals surface area contributed by atoms with Gasteiger partial charge < -0.3 is 4.90 Å². The van der Waals surface area contributed by atoms with Crippen LogP contribution in [0.2, 0.25) is 0 Å². The number of aromatic nitrogens is 2. The van der Waals surface area contributed by atoms with Crippen molar-refractivity contribution in [3.05, 3.63) is 47.8 Å². The minimum atomic E-state index is -0.421. The predicted octanol–water partition coefficient (Wildman–Crippen LogP) is 2.09. The molecule has 2 amide bonds. The lowest BCUT2D eigenvalue weighted by Gasteiger charge is -2.35. The highest BCUT2D eigenvalue weighted by Crippen LogP contribution is 2.34. The third kappa shape index (κ3) is 2.81. The van der Waals surface area contributed by atoms with E-state index in [1.165, 1.54) is 6.92 Å². The molecular weight excluding hydrogens is 316 g/mol. The molecule has 130 valence electrons. The third-order valence-electron chi connectivity index (χ3n) is 5.30. The van der Waals surface area contributed by atoms with Crippen molar-refractivity contribution in [3.8, 4) is 0 Å². The number of nitrogens with zero attached hydrogens (tertiary/aromatic N) is 3. The zero-order valence-electron chi connectivity index (χ0n) is 14.3. The number of para-hydroxylation sites is 1. The molecule has 0 saturated carbocycles. The molecule has 2 atom stereocenters. The number of piperidine rings is 1. The Kier molecular flexibility index (Phi) is 4.03. The number of amides is 2. The maximum Gasteiger partial charge on any atom is 0.246 e. The van der Waals surface area contributed by atoms with Crippen LogP contribution in [0.25, 0.3) is 0 Å². The van der Waals surface area contributed by atoms with Gasteiger partial charge in [-0.15, -0.1) is 0 Å². The first-order valence-electron chi connectivity index (χ1n) is 8.81. The van der Waals surface area contributed by atoms with Crippen molar-refractivity contribution in [3.63, 3.8) is 0 Å². The summed E-state index contributed by atoms with van der Waals surface area (Å²) in [6.45, 7) is 2.97. The molecule has 1 N–H and O–H groups in total. The molecule has 1 aromatic carbocycles. The van der Waals surface area contributed by atoms with E-state index >= 15 is 0 Å². The molecule has 25 heavy (non-hydrogen) atoms. The molecule has 1 fully saturated rings. The van der Waals surface area contributed by atoms with E-state index in [4.69, 9.17) is 0 Å². The Balaban J connectivity index is 1.55. The van der Waals surface area contributed by atoms with Crippen LogP contribution in [0.1, 0.15) is 36.9 Å². The smallest absolute Gasteiger partial charge is 0.246 e. The lowest BCUT2D eigenvalue weighted by atomic mass is 9.94. The maximum absolute atomic E-state index is 13.2. The Bertz CT molecular complexity index is 786. The molecule has 0 radical (unpaired) electrons. The number of anilines is 1. The van der Waals surface area contributed by atoms with E-state index in [0.29, 0.717) is 13.0 Å². The number of carbonyl (C=O) groups excluding carboxylic acids is 2. The number of rotatable bonds is 2. The second-order valence-corrected chi connectivity index (χ2v) is 6.87. The lowest BCUT2D eigenvalue weighted by Crippen LogP contribution is -2.51. The summed E-state index contributed by atoms with van der Waals surface area (Å²) in [5, 5.41) is 7.05. The number of fused-ring (bicyclic) bond motifs is 1. The standard InChI is InChI=1S/C19H22N4O2/c1-13(24)23-17-7-3-2-5-14(17)11-18(23)19(25)22-10-4-6-15(12-22)16-8-9-20-21-16/h2-3,5,7-9,15,18H,4,6,10-12H2,1H3,(H,20,21)/t15?,18-/m0/s1. The molecule has 6 nitrogen and oxygen atoms in total. The number of likely N-dealkylation sites (tertiary alicyclic amines) is 1. The number of carbonyl (C=O) groups is 2. The van der Waals surface area contributed by atoms with Gasteiger partial charge in [-0.2, -0.15) is 5.10 Å². The first-order valence-corrected chi connectivity index (χ1v) is 8.81. The van der Waals surface area contributed by atoms with Crippen molar-refractivity contribution in [2.75, 3.05) is 18.0 Å². The summed E-state index contributed by atoms with van der Waals surface area (Å²) in [5.41, 5.74) is 3.02. The quantitative estimate of drug-likeness (QED) is 0.912. The average Bonchev–Trinajstić information content (AvgIpc) is 3.28. The summed E-state index contributed by atoms with van der Waals surface area (Å²) in [6, 6.07) is 9.35. The molecule has 4 rings (SSSR count). The van der Waals surface area contributed by atoms with Crippen molar-refractivity contribution in [1.29, 1.82) is 0 Å². The van der Waals surface area contributed by atoms with Crippen LogP contribution >= 0.6 is 0 Å². The van der Waals surface area contributed by atoms with Crippen molar-refractivity contribution < 1.29 is 9.59 Å². The van der Waals surface area contributed by atoms with E-state index in [-0.39, 0.29) is 17.7 Å². The average molecular weight is 338 g/mol. The highest BCUT2D eigenvalue weighted by atomic mass is 16.2. The molecular formula is C19H22N4O2. The van der Waals surface area contributed by atoms with Crippen molar-refractivity contribution in [2.45, 2.75) is 38.1 Å². The first-order chi connectivity index (χ1) is 12.1. The van der Waals surface area contributed by atoms with Crippen molar-refractivity contribution >= 4 is 17.5 Å². The fourth-order valence-electron chi connectivity index (χ4n) is 4.11. The number of hydrogen-bond acceptors (Lipinski definition) is 3. The molecule has 6 heteroatoms. The molecule has 1 unspecified atom stereocenters. The van der Waals surface area contributed by atoms with Crippen LogP contribution in [0.15, 0.2) is 36.5 Å². The van der Waals surface area contributed by atoms with Crippen LogP contribution in [0.5, 0.6) is 0 Å². The van der Waals surface area contributed by atoms with Crippen molar-refractivity contribution in [1.82, 2.24) is 15.1 Å². The van der Waals surface area contributed by atoms with Gasteiger partial charge in [0, 0.05) is 49.9 Å². The summed E-state index contributed by atoms with van der Waals surface area (Å²) in [5.74, 6) is 0.260. The van der Waals surface area contributed by atoms with Crippen LogP contribution in [-0.2, 0) is 16.0 Å². The summed E-state index contributed by atoms with van der Waals surface area (Å²) < 4.78 is 0. The first kappa shape index (κ1) is 15.9. The van der Waals surface area contributed by atoms with Gasteiger partial charge in [-0.25, -0.2) is 0 Å². The monoisotopic (exact) mass is 338 g/mol. The van der Waals surface area contributed by atoms with Gasteiger partial charge in [-0.3, -0.25) is 19.6 Å². The number of benzene rings is 1. The summed E-state index contributed by atoms with van der Waals surface area (Å²) in [4.78, 5) is 29.0. The second kappa shape index (κ2) is 6.35. The van der Waals surface area contributed by atoms with Crippen LogP contribution < -0.4 is 4.90 Å². The normalized spacial score (nSPS) is 22.8. The van der Waals surface area contributed by atoms with Crippen molar-refractivity contribution in [2.24, 2.45) is 0 Å². The van der Waals surface area contributed by atoms with Gasteiger partial charge in [0.15, 0.2) is 0 Å². The molecule has 2 aliphatic heterocycles. The third-order valence-corrected chi connectivity index (χ3v) is 5.30. The van der Waals surface area contributed by atoms with E-state index < -0.39 is 6.04 Å². The molecule has 0 bridgehead atoms. The van der Waals surface area contributed by atoms with Gasteiger partial charge in [0.05, 0.1) is 0 Å². The van der Waals surface area contributed by atoms with E-state index in [9.17, 15) is 9.59 Å². The second-order valence-electron chi connectivity index (χ2n) is 6.87. The van der Waals surface area contributed by atoms with Gasteiger partial charge in [0.1, 0.15) is 6.04 Å². The maximum atomic E-state index is 13.2. The van der Waals surface area contributed by atoms with Gasteiger partial charge in [-0.05, 0) is 30.5 Å². The lowest BCUT2D eigenvalue weighted by molar-refractivity contribution is -0.135. The predicted molar refractivity (Wildman–Crippen MR) is 94.2 cm³/mol. The summed E-state index contributed by atoms with van der Waals surface area (Å²) in [6.07, 6.45) is 4.36. The summed E-state index contributed by atoms with van der Waals surface area (Å²) in [7, 11) is 0. The number of nitrogens with one attached hydrogen (secondary N) is 1. The Labute approximate surface area is 146 Å². The molecule has 2 aliphatic rings. The molecule has 1 aromatic heterocycles. The van der Waals surface area contributed by atoms with Crippen LogP contribution in [-0.4, -0.2) is 46.0 Å². The number of aromatic amines is 1.